The van der Waals surface area contributed by atoms with E-state index in [1.807, 2.05) is 12.1 Å². The lowest BCUT2D eigenvalue weighted by molar-refractivity contribution is -0.137. The van der Waals surface area contributed by atoms with Crippen molar-refractivity contribution in [3.63, 3.8) is 0 Å². The first-order valence-corrected chi connectivity index (χ1v) is 7.06. The standard InChI is InChI=1S/C16H18F3N3O/c1-10(2)11-5-7-12(8-6-11)22(3)14-13(16(17,18)19)9-20-15(21-14)23-4/h5-10H,1-4H3. The molecule has 1 aromatic heterocycles. The van der Waals surface area contributed by atoms with Gasteiger partial charge in [0, 0.05) is 18.9 Å². The third-order valence-corrected chi connectivity index (χ3v) is 3.50. The molecular formula is C16H18F3N3O. The molecule has 0 aliphatic heterocycles. The van der Waals surface area contributed by atoms with Gasteiger partial charge in [0.15, 0.2) is 5.82 Å². The highest BCUT2D eigenvalue weighted by molar-refractivity contribution is 5.63. The molecule has 2 rings (SSSR count). The normalized spacial score (nSPS) is 11.7. The molecule has 1 aromatic carbocycles. The minimum atomic E-state index is -4.55. The van der Waals surface area contributed by atoms with E-state index < -0.39 is 11.7 Å². The number of nitrogens with zero attached hydrogens (tertiary/aromatic N) is 3. The fraction of sp³-hybridized carbons (Fsp3) is 0.375. The third kappa shape index (κ3) is 3.72. The largest absolute Gasteiger partial charge is 0.467 e. The number of halogens is 3. The van der Waals surface area contributed by atoms with E-state index in [0.29, 0.717) is 11.6 Å². The third-order valence-electron chi connectivity index (χ3n) is 3.50. The van der Waals surface area contributed by atoms with Gasteiger partial charge >= 0.3 is 12.2 Å². The summed E-state index contributed by atoms with van der Waals surface area (Å²) in [4.78, 5) is 8.79. The first-order valence-electron chi connectivity index (χ1n) is 7.06. The second-order valence-corrected chi connectivity index (χ2v) is 5.40. The van der Waals surface area contributed by atoms with Crippen LogP contribution in [0.15, 0.2) is 30.5 Å². The van der Waals surface area contributed by atoms with Crippen LogP contribution in [0.25, 0.3) is 0 Å². The minimum Gasteiger partial charge on any atom is -0.467 e. The Kier molecular flexibility index (Phi) is 4.77. The van der Waals surface area contributed by atoms with Crippen LogP contribution in [-0.2, 0) is 6.18 Å². The van der Waals surface area contributed by atoms with Crippen LogP contribution >= 0.6 is 0 Å². The van der Waals surface area contributed by atoms with Crippen LogP contribution in [0.3, 0.4) is 0 Å². The van der Waals surface area contributed by atoms with Crippen molar-refractivity contribution in [3.8, 4) is 6.01 Å². The van der Waals surface area contributed by atoms with Crippen LogP contribution in [-0.4, -0.2) is 24.1 Å². The van der Waals surface area contributed by atoms with Crippen LogP contribution in [0, 0.1) is 0 Å². The van der Waals surface area contributed by atoms with Gasteiger partial charge in [-0.1, -0.05) is 26.0 Å². The van der Waals surface area contributed by atoms with Gasteiger partial charge in [0.1, 0.15) is 5.56 Å². The van der Waals surface area contributed by atoms with Crippen LogP contribution in [0.1, 0.15) is 30.9 Å². The van der Waals surface area contributed by atoms with Crippen LogP contribution in [0.4, 0.5) is 24.7 Å². The van der Waals surface area contributed by atoms with Crippen LogP contribution in [0.2, 0.25) is 0 Å². The topological polar surface area (TPSA) is 38.2 Å². The highest BCUT2D eigenvalue weighted by Crippen LogP contribution is 2.37. The Bertz CT molecular complexity index is 669. The van der Waals surface area contributed by atoms with Crippen LogP contribution in [0.5, 0.6) is 6.01 Å². The van der Waals surface area contributed by atoms with Gasteiger partial charge in [-0.3, -0.25) is 0 Å². The first-order chi connectivity index (χ1) is 10.7. The number of anilines is 2. The molecule has 2 aromatic rings. The molecular weight excluding hydrogens is 307 g/mol. The van der Waals surface area contributed by atoms with E-state index in [4.69, 9.17) is 4.74 Å². The van der Waals surface area contributed by atoms with Gasteiger partial charge < -0.3 is 9.64 Å². The second kappa shape index (κ2) is 6.44. The lowest BCUT2D eigenvalue weighted by Crippen LogP contribution is -2.19. The highest BCUT2D eigenvalue weighted by Gasteiger charge is 2.36. The zero-order chi connectivity index (χ0) is 17.2. The van der Waals surface area contributed by atoms with E-state index in [9.17, 15) is 13.2 Å². The Morgan fingerprint density at radius 2 is 1.74 bits per heavy atom. The van der Waals surface area contributed by atoms with E-state index in [2.05, 4.69) is 23.8 Å². The summed E-state index contributed by atoms with van der Waals surface area (Å²) >= 11 is 0. The molecule has 4 nitrogen and oxygen atoms in total. The highest BCUT2D eigenvalue weighted by atomic mass is 19.4. The molecule has 7 heteroatoms. The number of alkyl halides is 3. The predicted octanol–water partition coefficient (Wildman–Crippen LogP) is 4.40. The molecule has 0 N–H and O–H groups in total. The molecule has 0 aliphatic carbocycles. The van der Waals surface area contributed by atoms with E-state index in [1.165, 1.54) is 19.1 Å². The fourth-order valence-electron chi connectivity index (χ4n) is 2.12. The smallest absolute Gasteiger partial charge is 0.421 e. The molecule has 1 heterocycles. The summed E-state index contributed by atoms with van der Waals surface area (Å²) in [5.41, 5.74) is 0.799. The van der Waals surface area contributed by atoms with Crippen molar-refractivity contribution < 1.29 is 17.9 Å². The minimum absolute atomic E-state index is 0.112. The Hall–Kier alpha value is -2.31. The van der Waals surface area contributed by atoms with Gasteiger partial charge in [-0.05, 0) is 23.6 Å². The molecule has 0 fully saturated rings. The zero-order valence-corrected chi connectivity index (χ0v) is 13.3. The molecule has 0 saturated heterocycles. The van der Waals surface area contributed by atoms with Crippen molar-refractivity contribution in [2.75, 3.05) is 19.1 Å². The first kappa shape index (κ1) is 17.1. The van der Waals surface area contributed by atoms with E-state index in [-0.39, 0.29) is 11.8 Å². The number of hydrogen-bond donors (Lipinski definition) is 0. The average Bonchev–Trinajstić information content (AvgIpc) is 2.52. The Labute approximate surface area is 132 Å². The van der Waals surface area contributed by atoms with E-state index >= 15 is 0 Å². The van der Waals surface area contributed by atoms with Gasteiger partial charge in [-0.25, -0.2) is 4.98 Å². The lowest BCUT2D eigenvalue weighted by atomic mass is 10.0. The molecule has 0 aliphatic rings. The number of aromatic nitrogens is 2. The second-order valence-electron chi connectivity index (χ2n) is 5.40. The van der Waals surface area contributed by atoms with Gasteiger partial charge in [0.05, 0.1) is 7.11 Å². The zero-order valence-electron chi connectivity index (χ0n) is 13.3. The van der Waals surface area contributed by atoms with Gasteiger partial charge in [-0.15, -0.1) is 0 Å². The summed E-state index contributed by atoms with van der Waals surface area (Å²) in [5, 5.41) is 0. The van der Waals surface area contributed by atoms with Crippen molar-refractivity contribution in [2.45, 2.75) is 25.9 Å². The molecule has 0 bridgehead atoms. The van der Waals surface area contributed by atoms with Crippen molar-refractivity contribution >= 4 is 11.5 Å². The summed E-state index contributed by atoms with van der Waals surface area (Å²) in [5.74, 6) is 0.0980. The Morgan fingerprint density at radius 1 is 1.13 bits per heavy atom. The molecule has 0 atom stereocenters. The van der Waals surface area contributed by atoms with Gasteiger partial charge in [-0.2, -0.15) is 18.2 Å². The molecule has 0 spiro atoms. The SMILES string of the molecule is COc1ncc(C(F)(F)F)c(N(C)c2ccc(C(C)C)cc2)n1. The average molecular weight is 325 g/mol. The van der Waals surface area contributed by atoms with E-state index in [0.717, 1.165) is 11.8 Å². The Balaban J connectivity index is 2.46. The molecule has 124 valence electrons. The number of ether oxygens (including phenoxy) is 1. The number of rotatable bonds is 4. The van der Waals surface area contributed by atoms with E-state index in [1.54, 1.807) is 12.1 Å². The maximum atomic E-state index is 13.2. The summed E-state index contributed by atoms with van der Waals surface area (Å²) in [6.07, 6.45) is -3.81. The van der Waals surface area contributed by atoms with Crippen LogP contribution < -0.4 is 9.64 Å². The summed E-state index contributed by atoms with van der Waals surface area (Å²) < 4.78 is 44.4. The van der Waals surface area contributed by atoms with Gasteiger partial charge in [0.2, 0.25) is 0 Å². The molecule has 0 unspecified atom stereocenters. The van der Waals surface area contributed by atoms with Gasteiger partial charge in [0.25, 0.3) is 0 Å². The predicted molar refractivity (Wildman–Crippen MR) is 82.2 cm³/mol. The number of methoxy groups -OCH3 is 1. The summed E-state index contributed by atoms with van der Waals surface area (Å²) in [6.45, 7) is 4.10. The van der Waals surface area contributed by atoms with Crippen molar-refractivity contribution in [1.82, 2.24) is 9.97 Å². The number of benzene rings is 1. The molecule has 0 saturated carbocycles. The molecule has 23 heavy (non-hydrogen) atoms. The maximum Gasteiger partial charge on any atom is 0.421 e. The lowest BCUT2D eigenvalue weighted by Gasteiger charge is -2.22. The monoisotopic (exact) mass is 325 g/mol. The quantitative estimate of drug-likeness (QED) is 0.835. The van der Waals surface area contributed by atoms with Crippen molar-refractivity contribution in [3.05, 3.63) is 41.6 Å². The Morgan fingerprint density at radius 3 is 2.22 bits per heavy atom. The number of hydrogen-bond acceptors (Lipinski definition) is 4. The molecule has 0 radical (unpaired) electrons. The summed E-state index contributed by atoms with van der Waals surface area (Å²) in [6, 6.07) is 7.21. The fourth-order valence-corrected chi connectivity index (χ4v) is 2.12. The van der Waals surface area contributed by atoms with Crippen molar-refractivity contribution in [1.29, 1.82) is 0 Å². The maximum absolute atomic E-state index is 13.2. The van der Waals surface area contributed by atoms with Crippen molar-refractivity contribution in [2.24, 2.45) is 0 Å². The molecule has 0 amide bonds. The summed E-state index contributed by atoms with van der Waals surface area (Å²) in [7, 11) is 2.84.